The average Bonchev–Trinajstić information content (AvgIpc) is 3.29. The highest BCUT2D eigenvalue weighted by Gasteiger charge is 2.42. The number of alkyl halides is 2. The topological polar surface area (TPSA) is 65.5 Å². The van der Waals surface area contributed by atoms with E-state index in [0.717, 1.165) is 24.5 Å². The minimum absolute atomic E-state index is 0.181. The van der Waals surface area contributed by atoms with Crippen molar-refractivity contribution >= 4 is 34.4 Å². The van der Waals surface area contributed by atoms with Crippen LogP contribution in [0.2, 0.25) is 0 Å². The Labute approximate surface area is 225 Å². The maximum atomic E-state index is 15.6. The molecule has 0 saturated carbocycles. The Bertz CT molecular complexity index is 1360. The molecule has 6 nitrogen and oxygen atoms in total. The first-order valence-electron chi connectivity index (χ1n) is 12.8. The Balaban J connectivity index is 1.49. The number of para-hydroxylation sites is 1. The van der Waals surface area contributed by atoms with Crippen molar-refractivity contribution in [2.45, 2.75) is 38.2 Å². The molecule has 0 atom stereocenters. The minimum atomic E-state index is -3.28. The van der Waals surface area contributed by atoms with Crippen molar-refractivity contribution in [1.82, 2.24) is 15.2 Å². The lowest BCUT2D eigenvalue weighted by Gasteiger charge is -2.31. The van der Waals surface area contributed by atoms with Crippen LogP contribution in [0.4, 0.5) is 14.5 Å². The highest BCUT2D eigenvalue weighted by Crippen LogP contribution is 2.44. The van der Waals surface area contributed by atoms with Gasteiger partial charge in [-0.05, 0) is 32.9 Å². The number of hydrogen-bond donors (Lipinski definition) is 1. The van der Waals surface area contributed by atoms with Crippen LogP contribution in [0, 0.1) is 6.92 Å². The molecular formula is C29H30F2N4O2S. The monoisotopic (exact) mass is 536 g/mol. The lowest BCUT2D eigenvalue weighted by molar-refractivity contribution is -0.127. The molecule has 1 saturated heterocycles. The number of carbonyl (C=O) groups is 2. The fourth-order valence-electron chi connectivity index (χ4n) is 5.06. The molecule has 2 aliphatic rings. The normalized spacial score (nSPS) is 18.8. The van der Waals surface area contributed by atoms with Crippen LogP contribution in [-0.4, -0.2) is 60.3 Å². The van der Waals surface area contributed by atoms with Crippen LogP contribution in [0.25, 0.3) is 16.1 Å². The van der Waals surface area contributed by atoms with Crippen LogP contribution in [0.3, 0.4) is 0 Å². The number of aryl methyl sites for hydroxylation is 1. The van der Waals surface area contributed by atoms with E-state index in [9.17, 15) is 9.59 Å². The number of piperidine rings is 1. The van der Waals surface area contributed by atoms with Gasteiger partial charge in [0.1, 0.15) is 9.88 Å². The number of thiazole rings is 1. The molecule has 0 spiro atoms. The van der Waals surface area contributed by atoms with Gasteiger partial charge < -0.3 is 15.1 Å². The lowest BCUT2D eigenvalue weighted by atomic mass is 9.96. The maximum absolute atomic E-state index is 15.6. The number of hydrogen-bond acceptors (Lipinski definition) is 5. The summed E-state index contributed by atoms with van der Waals surface area (Å²) in [7, 11) is 1.89. The summed E-state index contributed by atoms with van der Waals surface area (Å²) >= 11 is 1.26. The first-order valence-corrected chi connectivity index (χ1v) is 13.6. The number of rotatable bonds is 4. The lowest BCUT2D eigenvalue weighted by Crippen LogP contribution is -2.43. The van der Waals surface area contributed by atoms with Gasteiger partial charge in [0.25, 0.3) is 11.8 Å². The van der Waals surface area contributed by atoms with Gasteiger partial charge in [-0.3, -0.25) is 9.59 Å². The van der Waals surface area contributed by atoms with Crippen molar-refractivity contribution in [3.8, 4) is 10.6 Å². The quantitative estimate of drug-likeness (QED) is 0.454. The van der Waals surface area contributed by atoms with E-state index in [1.54, 1.807) is 36.1 Å². The molecule has 2 amide bonds. The summed E-state index contributed by atoms with van der Waals surface area (Å²) in [6, 6.07) is 16.5. The Morgan fingerprint density at radius 2 is 1.74 bits per heavy atom. The van der Waals surface area contributed by atoms with Crippen LogP contribution in [0.1, 0.15) is 40.2 Å². The van der Waals surface area contributed by atoms with Crippen LogP contribution in [-0.2, 0) is 4.79 Å². The molecule has 2 aromatic carbocycles. The number of amides is 2. The van der Waals surface area contributed by atoms with Crippen molar-refractivity contribution < 1.29 is 18.4 Å². The largest absolute Gasteiger partial charge is 0.339 e. The molecular weight excluding hydrogens is 506 g/mol. The predicted molar refractivity (Wildman–Crippen MR) is 147 cm³/mol. The van der Waals surface area contributed by atoms with Crippen LogP contribution in [0.5, 0.6) is 0 Å². The van der Waals surface area contributed by atoms with Crippen molar-refractivity contribution in [2.24, 2.45) is 0 Å². The van der Waals surface area contributed by atoms with E-state index in [0.29, 0.717) is 40.4 Å². The predicted octanol–water partition coefficient (Wildman–Crippen LogP) is 5.40. The van der Waals surface area contributed by atoms with E-state index in [2.05, 4.69) is 10.3 Å². The van der Waals surface area contributed by atoms with Gasteiger partial charge in [-0.1, -0.05) is 48.5 Å². The Hall–Kier alpha value is -3.43. The summed E-state index contributed by atoms with van der Waals surface area (Å²) in [6.07, 6.45) is 2.05. The first-order chi connectivity index (χ1) is 18.3. The van der Waals surface area contributed by atoms with Crippen molar-refractivity contribution in [1.29, 1.82) is 0 Å². The number of aromatic nitrogens is 1. The Morgan fingerprint density at radius 3 is 2.45 bits per heavy atom. The molecule has 9 heteroatoms. The second kappa shape index (κ2) is 10.7. The Kier molecular flexibility index (Phi) is 7.40. The number of allylic oxidation sites excluding steroid dienone is 1. The van der Waals surface area contributed by atoms with E-state index in [-0.39, 0.29) is 23.6 Å². The molecule has 0 aliphatic carbocycles. The fourth-order valence-corrected chi connectivity index (χ4v) is 6.08. The molecule has 2 aliphatic heterocycles. The summed E-state index contributed by atoms with van der Waals surface area (Å²) < 4.78 is 31.2. The minimum Gasteiger partial charge on any atom is -0.339 e. The molecule has 0 bridgehead atoms. The third-order valence-electron chi connectivity index (χ3n) is 7.27. The highest BCUT2D eigenvalue weighted by molar-refractivity contribution is 7.17. The summed E-state index contributed by atoms with van der Waals surface area (Å²) in [5.41, 5.74) is 1.69. The van der Waals surface area contributed by atoms with Gasteiger partial charge in [0.15, 0.2) is 0 Å². The zero-order chi connectivity index (χ0) is 26.9. The van der Waals surface area contributed by atoms with Gasteiger partial charge in [-0.25, -0.2) is 13.8 Å². The van der Waals surface area contributed by atoms with Gasteiger partial charge in [0, 0.05) is 54.9 Å². The molecule has 0 radical (unpaired) electrons. The number of benzene rings is 2. The van der Waals surface area contributed by atoms with Crippen molar-refractivity contribution in [3.05, 3.63) is 76.8 Å². The zero-order valence-corrected chi connectivity index (χ0v) is 22.2. The average molecular weight is 537 g/mol. The van der Waals surface area contributed by atoms with Crippen LogP contribution < -0.4 is 10.2 Å². The van der Waals surface area contributed by atoms with E-state index < -0.39 is 18.3 Å². The van der Waals surface area contributed by atoms with Crippen LogP contribution >= 0.6 is 11.3 Å². The van der Waals surface area contributed by atoms with E-state index in [4.69, 9.17) is 0 Å². The Morgan fingerprint density at radius 1 is 1.05 bits per heavy atom. The maximum Gasteiger partial charge on any atom is 0.275 e. The van der Waals surface area contributed by atoms with Crippen molar-refractivity contribution in [2.75, 3.05) is 31.6 Å². The second-order valence-corrected chi connectivity index (χ2v) is 10.7. The van der Waals surface area contributed by atoms with E-state index >= 15 is 8.78 Å². The van der Waals surface area contributed by atoms with Gasteiger partial charge in [0.05, 0.1) is 11.4 Å². The summed E-state index contributed by atoms with van der Waals surface area (Å²) in [6.45, 7) is 2.61. The van der Waals surface area contributed by atoms with Gasteiger partial charge in [-0.2, -0.15) is 0 Å². The molecule has 3 aromatic rings. The number of carbonyl (C=O) groups excluding carboxylic acids is 2. The number of halogens is 2. The smallest absolute Gasteiger partial charge is 0.275 e. The fraction of sp³-hybridized carbons (Fsp3) is 0.345. The SMILES string of the molecule is CNC1CCN(C(=O)/C=C2/c3ccccc3N(C(=O)c3sc(-c4ccccc4)nc3C)CCC2(F)F)CC1. The van der Waals surface area contributed by atoms with Crippen LogP contribution in [0.15, 0.2) is 60.7 Å². The van der Waals surface area contributed by atoms with Gasteiger partial charge in [0.2, 0.25) is 5.91 Å². The summed E-state index contributed by atoms with van der Waals surface area (Å²) in [5.74, 6) is -4.07. The van der Waals surface area contributed by atoms with Gasteiger partial charge >= 0.3 is 0 Å². The third-order valence-corrected chi connectivity index (χ3v) is 8.46. The first kappa shape index (κ1) is 26.2. The third kappa shape index (κ3) is 5.13. The number of likely N-dealkylation sites (tertiary alicyclic amines) is 1. The zero-order valence-electron chi connectivity index (χ0n) is 21.4. The molecule has 5 rings (SSSR count). The van der Waals surface area contributed by atoms with E-state index in [1.807, 2.05) is 37.4 Å². The molecule has 1 aromatic heterocycles. The molecule has 38 heavy (non-hydrogen) atoms. The number of anilines is 1. The highest BCUT2D eigenvalue weighted by atomic mass is 32.1. The van der Waals surface area contributed by atoms with E-state index in [1.165, 1.54) is 16.2 Å². The summed E-state index contributed by atoms with van der Waals surface area (Å²) in [5, 5.41) is 3.91. The molecule has 198 valence electrons. The second-order valence-electron chi connectivity index (χ2n) is 9.67. The number of fused-ring (bicyclic) bond motifs is 1. The number of nitrogens with one attached hydrogen (secondary N) is 1. The molecule has 1 N–H and O–H groups in total. The van der Waals surface area contributed by atoms with Gasteiger partial charge in [-0.15, -0.1) is 11.3 Å². The standard InChI is InChI=1S/C29H30F2N4O2S/c1-19-26(38-27(33-19)20-8-4-3-5-9-20)28(37)35-17-14-29(30,31)23(22-10-6-7-11-24(22)35)18-25(36)34-15-12-21(32-2)13-16-34/h3-11,18,21,32H,12-17H2,1-2H3/b23-18-. The molecule has 0 unspecified atom stereocenters. The van der Waals surface area contributed by atoms with Crippen molar-refractivity contribution in [3.63, 3.8) is 0 Å². The summed E-state index contributed by atoms with van der Waals surface area (Å²) in [4.78, 5) is 34.9. The number of nitrogens with zero attached hydrogens (tertiary/aromatic N) is 3. The molecule has 3 heterocycles. The molecule has 1 fully saturated rings.